The molecule has 0 aliphatic heterocycles. The molecule has 0 saturated heterocycles. The Morgan fingerprint density at radius 1 is 1.10 bits per heavy atom. The highest BCUT2D eigenvalue weighted by Crippen LogP contribution is 2.36. The van der Waals surface area contributed by atoms with Gasteiger partial charge in [0.1, 0.15) is 16.5 Å². The second-order valence-corrected chi connectivity index (χ2v) is 7.94. The topological polar surface area (TPSA) is 58.7 Å². The molecule has 0 amide bonds. The summed E-state index contributed by atoms with van der Waals surface area (Å²) in [6.45, 7) is 2.37. The molecule has 0 N–H and O–H groups in total. The molecule has 0 aliphatic carbocycles. The van der Waals surface area contributed by atoms with E-state index < -0.39 is 0 Å². The predicted octanol–water partition coefficient (Wildman–Crippen LogP) is 5.54. The van der Waals surface area contributed by atoms with E-state index in [1.54, 1.807) is 16.7 Å². The van der Waals surface area contributed by atoms with Crippen molar-refractivity contribution in [3.63, 3.8) is 0 Å². The zero-order valence-corrected chi connectivity index (χ0v) is 16.7. The van der Waals surface area contributed by atoms with Crippen LogP contribution in [0.4, 0.5) is 4.39 Å². The third-order valence-electron chi connectivity index (χ3n) is 4.82. The van der Waals surface area contributed by atoms with Crippen LogP contribution in [0.15, 0.2) is 59.4 Å². The van der Waals surface area contributed by atoms with Crippen molar-refractivity contribution in [2.75, 3.05) is 0 Å². The number of nitriles is 1. The first-order chi connectivity index (χ1) is 14.1. The van der Waals surface area contributed by atoms with Gasteiger partial charge in [-0.05, 0) is 31.0 Å². The lowest BCUT2D eigenvalue weighted by molar-refractivity contribution is 0.628. The predicted molar refractivity (Wildman–Crippen MR) is 114 cm³/mol. The van der Waals surface area contributed by atoms with Crippen LogP contribution < -0.4 is 5.56 Å². The number of unbranched alkanes of at least 4 members (excludes halogenated alkanes) is 1. The number of nitrogens with zero attached hydrogens (tertiary/aromatic N) is 3. The van der Waals surface area contributed by atoms with E-state index in [-0.39, 0.29) is 11.4 Å². The average molecular weight is 403 g/mol. The molecule has 144 valence electrons. The SMILES string of the molecule is Cc1sc2nc(-c3ccccc3)n(CCCC#N)c(=O)c2c1-c1ccc(F)cc1. The van der Waals surface area contributed by atoms with Crippen molar-refractivity contribution >= 4 is 21.6 Å². The molecule has 0 spiro atoms. The highest BCUT2D eigenvalue weighted by atomic mass is 32.1. The largest absolute Gasteiger partial charge is 0.292 e. The Bertz CT molecular complexity index is 1270. The summed E-state index contributed by atoms with van der Waals surface area (Å²) in [4.78, 5) is 20.0. The smallest absolute Gasteiger partial charge is 0.263 e. The van der Waals surface area contributed by atoms with E-state index in [1.807, 2.05) is 37.3 Å². The summed E-state index contributed by atoms with van der Waals surface area (Å²) in [5.41, 5.74) is 2.33. The molecular formula is C23H18FN3OS. The zero-order valence-electron chi connectivity index (χ0n) is 15.9. The quantitative estimate of drug-likeness (QED) is 0.411. The van der Waals surface area contributed by atoms with Crippen LogP contribution in [0.1, 0.15) is 17.7 Å². The number of benzene rings is 2. The monoisotopic (exact) mass is 403 g/mol. The van der Waals surface area contributed by atoms with Gasteiger partial charge in [0, 0.05) is 29.0 Å². The number of aromatic nitrogens is 2. The van der Waals surface area contributed by atoms with Crippen LogP contribution in [0.2, 0.25) is 0 Å². The molecule has 4 nitrogen and oxygen atoms in total. The minimum atomic E-state index is -0.315. The van der Waals surface area contributed by atoms with Gasteiger partial charge < -0.3 is 0 Å². The number of fused-ring (bicyclic) bond motifs is 1. The summed E-state index contributed by atoms with van der Waals surface area (Å²) in [6.07, 6.45) is 0.935. The van der Waals surface area contributed by atoms with Gasteiger partial charge in [0.25, 0.3) is 5.56 Å². The Morgan fingerprint density at radius 3 is 2.52 bits per heavy atom. The lowest BCUT2D eigenvalue weighted by Gasteiger charge is -2.12. The van der Waals surface area contributed by atoms with Crippen molar-refractivity contribution in [3.05, 3.63) is 75.6 Å². The van der Waals surface area contributed by atoms with Gasteiger partial charge >= 0.3 is 0 Å². The van der Waals surface area contributed by atoms with Crippen LogP contribution in [-0.2, 0) is 6.54 Å². The molecule has 0 saturated carbocycles. The molecule has 29 heavy (non-hydrogen) atoms. The fraction of sp³-hybridized carbons (Fsp3) is 0.174. The zero-order chi connectivity index (χ0) is 20.4. The molecule has 0 bridgehead atoms. The maximum Gasteiger partial charge on any atom is 0.263 e. The third kappa shape index (κ3) is 3.57. The van der Waals surface area contributed by atoms with Crippen molar-refractivity contribution in [2.24, 2.45) is 0 Å². The molecule has 2 heterocycles. The maximum absolute atomic E-state index is 13.6. The van der Waals surface area contributed by atoms with E-state index in [0.717, 1.165) is 21.6 Å². The van der Waals surface area contributed by atoms with Gasteiger partial charge in [-0.1, -0.05) is 42.5 Å². The highest BCUT2D eigenvalue weighted by molar-refractivity contribution is 7.19. The molecule has 0 fully saturated rings. The Hall–Kier alpha value is -3.30. The first kappa shape index (κ1) is 19.0. The standard InChI is InChI=1S/C23H18FN3OS/c1-15-19(16-9-11-18(24)12-10-16)20-22(29-15)26-21(17-7-3-2-4-8-17)27(23(20)28)14-6-5-13-25/h2-4,7-12H,5-6,14H2,1H3. The number of hydrogen-bond donors (Lipinski definition) is 0. The van der Waals surface area contributed by atoms with Gasteiger partial charge in [-0.15, -0.1) is 11.3 Å². The fourth-order valence-corrected chi connectivity index (χ4v) is 4.53. The summed E-state index contributed by atoms with van der Waals surface area (Å²) >= 11 is 1.47. The van der Waals surface area contributed by atoms with Gasteiger partial charge in [0.15, 0.2) is 0 Å². The lowest BCUT2D eigenvalue weighted by atomic mass is 10.0. The van der Waals surface area contributed by atoms with Crippen LogP contribution in [0.5, 0.6) is 0 Å². The van der Waals surface area contributed by atoms with Crippen LogP contribution in [0.3, 0.4) is 0 Å². The minimum absolute atomic E-state index is 0.129. The van der Waals surface area contributed by atoms with Crippen LogP contribution in [0, 0.1) is 24.1 Å². The molecule has 0 atom stereocenters. The molecule has 6 heteroatoms. The number of aryl methyl sites for hydroxylation is 1. The average Bonchev–Trinajstić information content (AvgIpc) is 3.07. The number of rotatable bonds is 5. The molecule has 0 unspecified atom stereocenters. The number of halogens is 1. The summed E-state index contributed by atoms with van der Waals surface area (Å²) in [6, 6.07) is 17.9. The molecule has 4 rings (SSSR count). The number of hydrogen-bond acceptors (Lipinski definition) is 4. The first-order valence-corrected chi connectivity index (χ1v) is 10.1. The van der Waals surface area contributed by atoms with Crippen molar-refractivity contribution in [1.29, 1.82) is 5.26 Å². The summed E-state index contributed by atoms with van der Waals surface area (Å²) < 4.78 is 15.1. The fourth-order valence-electron chi connectivity index (χ4n) is 3.49. The number of thiophene rings is 1. The summed E-state index contributed by atoms with van der Waals surface area (Å²) in [5.74, 6) is 0.289. The van der Waals surface area contributed by atoms with Gasteiger partial charge in [-0.25, -0.2) is 9.37 Å². The van der Waals surface area contributed by atoms with Gasteiger partial charge in [-0.2, -0.15) is 5.26 Å². The van der Waals surface area contributed by atoms with Crippen molar-refractivity contribution in [3.8, 4) is 28.6 Å². The second-order valence-electron chi connectivity index (χ2n) is 6.74. The normalized spacial score (nSPS) is 10.9. The van der Waals surface area contributed by atoms with E-state index in [0.29, 0.717) is 35.4 Å². The third-order valence-corrected chi connectivity index (χ3v) is 5.82. The Labute approximate surface area is 171 Å². The molecule has 2 aromatic carbocycles. The van der Waals surface area contributed by atoms with Crippen LogP contribution in [-0.4, -0.2) is 9.55 Å². The van der Waals surface area contributed by atoms with Gasteiger partial charge in [0.05, 0.1) is 11.5 Å². The molecule has 0 aliphatic rings. The van der Waals surface area contributed by atoms with Crippen molar-refractivity contribution in [2.45, 2.75) is 26.3 Å². The van der Waals surface area contributed by atoms with E-state index >= 15 is 0 Å². The Kier molecular flexibility index (Phi) is 5.24. The van der Waals surface area contributed by atoms with Crippen molar-refractivity contribution in [1.82, 2.24) is 9.55 Å². The summed E-state index contributed by atoms with van der Waals surface area (Å²) in [7, 11) is 0. The Balaban J connectivity index is 1.99. The van der Waals surface area contributed by atoms with E-state index in [2.05, 4.69) is 6.07 Å². The molecule has 4 aromatic rings. The lowest BCUT2D eigenvalue weighted by Crippen LogP contribution is -2.23. The first-order valence-electron chi connectivity index (χ1n) is 9.32. The Morgan fingerprint density at radius 2 is 1.83 bits per heavy atom. The van der Waals surface area contributed by atoms with Gasteiger partial charge in [0.2, 0.25) is 0 Å². The molecule has 0 radical (unpaired) electrons. The van der Waals surface area contributed by atoms with Crippen LogP contribution in [0.25, 0.3) is 32.7 Å². The summed E-state index contributed by atoms with van der Waals surface area (Å²) in [5, 5.41) is 9.46. The van der Waals surface area contributed by atoms with Crippen molar-refractivity contribution < 1.29 is 4.39 Å². The highest BCUT2D eigenvalue weighted by Gasteiger charge is 2.20. The van der Waals surface area contributed by atoms with E-state index in [9.17, 15) is 9.18 Å². The minimum Gasteiger partial charge on any atom is -0.292 e. The van der Waals surface area contributed by atoms with E-state index in [4.69, 9.17) is 10.2 Å². The van der Waals surface area contributed by atoms with E-state index in [1.165, 1.54) is 23.5 Å². The maximum atomic E-state index is 13.6. The molecule has 2 aromatic heterocycles. The second kappa shape index (κ2) is 7.98. The van der Waals surface area contributed by atoms with Gasteiger partial charge in [-0.3, -0.25) is 9.36 Å². The molecular weight excluding hydrogens is 385 g/mol. The van der Waals surface area contributed by atoms with Crippen LogP contribution >= 0.6 is 11.3 Å².